The van der Waals surface area contributed by atoms with Crippen molar-refractivity contribution < 1.29 is 14.7 Å². The second kappa shape index (κ2) is 8.02. The summed E-state index contributed by atoms with van der Waals surface area (Å²) in [5.41, 5.74) is 0. The molecule has 0 aliphatic carbocycles. The van der Waals surface area contributed by atoms with E-state index in [9.17, 15) is 14.7 Å². The van der Waals surface area contributed by atoms with E-state index in [0.717, 1.165) is 4.88 Å². The average Bonchev–Trinajstić information content (AvgIpc) is 2.93. The Kier molecular flexibility index (Phi) is 6.68. The van der Waals surface area contributed by atoms with Gasteiger partial charge in [-0.15, -0.1) is 11.3 Å². The summed E-state index contributed by atoms with van der Waals surface area (Å²) in [5.74, 6) is -1.10. The van der Waals surface area contributed by atoms with Gasteiger partial charge in [0.2, 0.25) is 0 Å². The van der Waals surface area contributed by atoms with Crippen LogP contribution in [0.5, 0.6) is 0 Å². The number of nitrogens with one attached hydrogen (secondary N) is 1. The van der Waals surface area contributed by atoms with E-state index in [0.29, 0.717) is 13.0 Å². The predicted octanol–water partition coefficient (Wildman–Crippen LogP) is 3.17. The molecule has 0 aromatic carbocycles. The van der Waals surface area contributed by atoms with E-state index in [-0.39, 0.29) is 18.0 Å². The Balaban J connectivity index is 2.78. The van der Waals surface area contributed by atoms with Crippen LogP contribution in [0, 0.1) is 5.92 Å². The van der Waals surface area contributed by atoms with Crippen LogP contribution < -0.4 is 5.32 Å². The molecule has 0 saturated heterocycles. The van der Waals surface area contributed by atoms with Gasteiger partial charge in [-0.05, 0) is 31.2 Å². The maximum Gasteiger partial charge on any atom is 0.326 e. The largest absolute Gasteiger partial charge is 0.480 e. The van der Waals surface area contributed by atoms with Crippen molar-refractivity contribution in [2.75, 3.05) is 0 Å². The molecule has 0 spiro atoms. The molecule has 0 radical (unpaired) electrons. The zero-order chi connectivity index (χ0) is 16.0. The zero-order valence-electron chi connectivity index (χ0n) is 13.0. The number of carboxylic acid groups (broad SMARTS) is 1. The summed E-state index contributed by atoms with van der Waals surface area (Å²) >= 11 is 1.58. The molecule has 2 atom stereocenters. The monoisotopic (exact) mass is 312 g/mol. The van der Waals surface area contributed by atoms with Crippen molar-refractivity contribution in [2.24, 2.45) is 5.92 Å². The number of carbonyl (C=O) groups is 2. The van der Waals surface area contributed by atoms with Crippen molar-refractivity contribution >= 4 is 23.3 Å². The quantitative estimate of drug-likeness (QED) is 0.812. The van der Waals surface area contributed by atoms with Gasteiger partial charge in [-0.1, -0.05) is 26.3 Å². The van der Waals surface area contributed by atoms with Crippen molar-refractivity contribution in [2.45, 2.75) is 52.7 Å². The SMILES string of the molecule is CC[C@H](C)[C@H](NC(=O)N(Cc1cccs1)C(C)C)C(=O)O. The number of hydrogen-bond donors (Lipinski definition) is 2. The molecule has 0 aliphatic heterocycles. The molecule has 1 rings (SSSR count). The smallest absolute Gasteiger partial charge is 0.326 e. The molecule has 0 fully saturated rings. The summed E-state index contributed by atoms with van der Waals surface area (Å²) in [5, 5.41) is 13.9. The first-order valence-electron chi connectivity index (χ1n) is 7.19. The maximum atomic E-state index is 12.4. The molecule has 1 aromatic heterocycles. The normalized spacial score (nSPS) is 13.8. The van der Waals surface area contributed by atoms with Crippen LogP contribution >= 0.6 is 11.3 Å². The molecule has 5 nitrogen and oxygen atoms in total. The Bertz CT molecular complexity index is 459. The van der Waals surface area contributed by atoms with E-state index < -0.39 is 12.0 Å². The third-order valence-corrected chi connectivity index (χ3v) is 4.41. The van der Waals surface area contributed by atoms with E-state index in [1.165, 1.54) is 0 Å². The Morgan fingerprint density at radius 2 is 2.05 bits per heavy atom. The summed E-state index contributed by atoms with van der Waals surface area (Å²) in [4.78, 5) is 26.5. The van der Waals surface area contributed by atoms with Crippen molar-refractivity contribution in [1.29, 1.82) is 0 Å². The van der Waals surface area contributed by atoms with Gasteiger partial charge in [0.05, 0.1) is 6.54 Å². The topological polar surface area (TPSA) is 69.6 Å². The molecule has 2 N–H and O–H groups in total. The number of aliphatic carboxylic acids is 1. The molecule has 6 heteroatoms. The molecule has 1 aromatic rings. The fraction of sp³-hybridized carbons (Fsp3) is 0.600. The maximum absolute atomic E-state index is 12.4. The molecular weight excluding hydrogens is 288 g/mol. The van der Waals surface area contributed by atoms with Gasteiger partial charge < -0.3 is 15.3 Å². The van der Waals surface area contributed by atoms with Crippen molar-refractivity contribution in [1.82, 2.24) is 10.2 Å². The van der Waals surface area contributed by atoms with Crippen LogP contribution in [-0.2, 0) is 11.3 Å². The Hall–Kier alpha value is -1.56. The average molecular weight is 312 g/mol. The number of carboxylic acids is 1. The van der Waals surface area contributed by atoms with Crippen LogP contribution in [0.2, 0.25) is 0 Å². The minimum Gasteiger partial charge on any atom is -0.480 e. The highest BCUT2D eigenvalue weighted by Gasteiger charge is 2.28. The van der Waals surface area contributed by atoms with Gasteiger partial charge in [-0.3, -0.25) is 0 Å². The van der Waals surface area contributed by atoms with Crippen LogP contribution in [0.3, 0.4) is 0 Å². The molecule has 2 amide bonds. The highest BCUT2D eigenvalue weighted by molar-refractivity contribution is 7.09. The zero-order valence-corrected chi connectivity index (χ0v) is 13.8. The van der Waals surface area contributed by atoms with Gasteiger partial charge in [-0.25, -0.2) is 9.59 Å². The van der Waals surface area contributed by atoms with Gasteiger partial charge in [0.25, 0.3) is 0 Å². The molecule has 0 unspecified atom stereocenters. The summed E-state index contributed by atoms with van der Waals surface area (Å²) in [6, 6.07) is 2.73. The molecular formula is C15H24N2O3S. The lowest BCUT2D eigenvalue weighted by Crippen LogP contribution is -2.51. The fourth-order valence-corrected chi connectivity index (χ4v) is 2.66. The number of amides is 2. The third-order valence-electron chi connectivity index (χ3n) is 3.55. The Morgan fingerprint density at radius 3 is 2.48 bits per heavy atom. The first-order chi connectivity index (χ1) is 9.86. The number of thiophene rings is 1. The van der Waals surface area contributed by atoms with E-state index in [2.05, 4.69) is 5.32 Å². The third kappa shape index (κ3) is 5.04. The minimum atomic E-state index is -0.988. The Morgan fingerprint density at radius 1 is 1.38 bits per heavy atom. The van der Waals surface area contributed by atoms with Gasteiger partial charge in [-0.2, -0.15) is 0 Å². The van der Waals surface area contributed by atoms with E-state index in [1.807, 2.05) is 45.2 Å². The summed E-state index contributed by atoms with van der Waals surface area (Å²) < 4.78 is 0. The number of carbonyl (C=O) groups excluding carboxylic acids is 1. The van der Waals surface area contributed by atoms with Gasteiger partial charge >= 0.3 is 12.0 Å². The van der Waals surface area contributed by atoms with E-state index in [1.54, 1.807) is 16.2 Å². The van der Waals surface area contributed by atoms with E-state index in [4.69, 9.17) is 0 Å². The molecule has 0 saturated carbocycles. The van der Waals surface area contributed by atoms with Crippen LogP contribution in [0.15, 0.2) is 17.5 Å². The minimum absolute atomic E-state index is 0.00141. The lowest BCUT2D eigenvalue weighted by Gasteiger charge is -2.29. The predicted molar refractivity (Wildman–Crippen MR) is 84.4 cm³/mol. The Labute approximate surface area is 130 Å². The molecule has 118 valence electrons. The van der Waals surface area contributed by atoms with Crippen LogP contribution in [0.25, 0.3) is 0 Å². The molecule has 0 aliphatic rings. The first kappa shape index (κ1) is 17.5. The summed E-state index contributed by atoms with van der Waals surface area (Å²) in [6.45, 7) is 8.09. The van der Waals surface area contributed by atoms with E-state index >= 15 is 0 Å². The van der Waals surface area contributed by atoms with Crippen molar-refractivity contribution in [3.8, 4) is 0 Å². The van der Waals surface area contributed by atoms with Gasteiger partial charge in [0.1, 0.15) is 6.04 Å². The van der Waals surface area contributed by atoms with Crippen LogP contribution in [-0.4, -0.2) is 34.1 Å². The first-order valence-corrected chi connectivity index (χ1v) is 8.07. The molecule has 0 bridgehead atoms. The second-order valence-corrected chi connectivity index (χ2v) is 6.48. The second-order valence-electron chi connectivity index (χ2n) is 5.45. The number of urea groups is 1. The van der Waals surface area contributed by atoms with Crippen LogP contribution in [0.1, 0.15) is 39.0 Å². The summed E-state index contributed by atoms with van der Waals surface area (Å²) in [7, 11) is 0. The standard InChI is InChI=1S/C15H24N2O3S/c1-5-11(4)13(14(18)19)16-15(20)17(10(2)3)9-12-7-6-8-21-12/h6-8,10-11,13H,5,9H2,1-4H3,(H,16,20)(H,18,19)/t11-,13-/m0/s1. The van der Waals surface area contributed by atoms with Crippen LogP contribution in [0.4, 0.5) is 4.79 Å². The van der Waals surface area contributed by atoms with Gasteiger partial charge in [0, 0.05) is 10.9 Å². The highest BCUT2D eigenvalue weighted by Crippen LogP contribution is 2.15. The fourth-order valence-electron chi connectivity index (χ4n) is 1.96. The van der Waals surface area contributed by atoms with Crippen molar-refractivity contribution in [3.05, 3.63) is 22.4 Å². The molecule has 1 heterocycles. The lowest BCUT2D eigenvalue weighted by atomic mass is 9.99. The van der Waals surface area contributed by atoms with Crippen molar-refractivity contribution in [3.63, 3.8) is 0 Å². The van der Waals surface area contributed by atoms with Gasteiger partial charge in [0.15, 0.2) is 0 Å². The number of rotatable bonds is 7. The molecule has 21 heavy (non-hydrogen) atoms. The number of hydrogen-bond acceptors (Lipinski definition) is 3. The summed E-state index contributed by atoms with van der Waals surface area (Å²) in [6.07, 6.45) is 0.698. The lowest BCUT2D eigenvalue weighted by molar-refractivity contribution is -0.140. The number of nitrogens with zero attached hydrogens (tertiary/aromatic N) is 1. The highest BCUT2D eigenvalue weighted by atomic mass is 32.1.